The van der Waals surface area contributed by atoms with E-state index in [2.05, 4.69) is 20.2 Å². The zero-order chi connectivity index (χ0) is 14.0. The van der Waals surface area contributed by atoms with Crippen LogP contribution >= 0.6 is 0 Å². The zero-order valence-electron chi connectivity index (χ0n) is 10.4. The van der Waals surface area contributed by atoms with E-state index in [-0.39, 0.29) is 0 Å². The van der Waals surface area contributed by atoms with E-state index in [0.717, 1.165) is 0 Å². The van der Waals surface area contributed by atoms with Crippen molar-refractivity contribution in [2.75, 3.05) is 0 Å². The highest BCUT2D eigenvalue weighted by Gasteiger charge is 2.46. The van der Waals surface area contributed by atoms with Gasteiger partial charge in [-0.15, -0.1) is 0 Å². The number of nitrogens with one attached hydrogen (secondary N) is 1. The van der Waals surface area contributed by atoms with Crippen LogP contribution in [0, 0.1) is 17.2 Å². The number of rotatable bonds is 2. The van der Waals surface area contributed by atoms with Crippen LogP contribution in [0.5, 0.6) is 0 Å². The smallest absolute Gasteiger partial charge is 0.185 e. The van der Waals surface area contributed by atoms with Crippen LogP contribution in [0.25, 0.3) is 5.57 Å². The number of hydrogen-bond donors (Lipinski definition) is 1. The number of nitrogens with zero attached hydrogens (tertiary/aromatic N) is 4. The molecule has 0 saturated carbocycles. The molecule has 2 aromatic heterocycles. The van der Waals surface area contributed by atoms with Crippen LogP contribution in [0.15, 0.2) is 49.2 Å². The summed E-state index contributed by atoms with van der Waals surface area (Å²) >= 11 is 0. The summed E-state index contributed by atoms with van der Waals surface area (Å²) in [6.45, 7) is 0. The topological polar surface area (TPSA) is 78.2 Å². The van der Waals surface area contributed by atoms with Crippen LogP contribution in [0.3, 0.4) is 0 Å². The Morgan fingerprint density at radius 3 is 3.00 bits per heavy atom. The molecule has 0 amide bonds. The van der Waals surface area contributed by atoms with Crippen molar-refractivity contribution in [2.45, 2.75) is 5.67 Å². The van der Waals surface area contributed by atoms with Crippen LogP contribution in [-0.4, -0.2) is 20.2 Å². The van der Waals surface area contributed by atoms with E-state index >= 15 is 4.39 Å². The van der Waals surface area contributed by atoms with E-state index in [1.54, 1.807) is 24.4 Å². The molecular formula is C14H10FN5. The number of halogens is 1. The van der Waals surface area contributed by atoms with Crippen molar-refractivity contribution in [1.29, 1.82) is 5.26 Å². The number of aromatic amines is 1. The molecule has 2 atom stereocenters. The minimum absolute atomic E-state index is 0.304. The number of nitriles is 1. The first kappa shape index (κ1) is 12.2. The fourth-order valence-corrected chi connectivity index (χ4v) is 2.32. The van der Waals surface area contributed by atoms with Gasteiger partial charge in [-0.1, -0.05) is 18.2 Å². The molecule has 1 aliphatic carbocycles. The lowest BCUT2D eigenvalue weighted by atomic mass is 9.75. The summed E-state index contributed by atoms with van der Waals surface area (Å²) in [5.74, 6) is -0.935. The second-order valence-corrected chi connectivity index (χ2v) is 4.37. The Bertz CT molecular complexity index is 699. The maximum absolute atomic E-state index is 15.7. The lowest BCUT2D eigenvalue weighted by Gasteiger charge is -2.31. The quantitative estimate of drug-likeness (QED) is 0.904. The fraction of sp³-hybridized carbons (Fsp3) is 0.143. The second kappa shape index (κ2) is 4.70. The molecule has 1 N–H and O–H groups in total. The third kappa shape index (κ3) is 1.72. The minimum atomic E-state index is -1.98. The third-order valence-corrected chi connectivity index (χ3v) is 3.30. The molecule has 6 heteroatoms. The highest BCUT2D eigenvalue weighted by molar-refractivity contribution is 5.75. The first-order chi connectivity index (χ1) is 9.76. The van der Waals surface area contributed by atoms with E-state index in [1.165, 1.54) is 24.8 Å². The third-order valence-electron chi connectivity index (χ3n) is 3.30. The predicted octanol–water partition coefficient (Wildman–Crippen LogP) is 2.16. The van der Waals surface area contributed by atoms with Gasteiger partial charge >= 0.3 is 0 Å². The molecule has 2 heterocycles. The maximum Gasteiger partial charge on any atom is 0.185 e. The van der Waals surface area contributed by atoms with E-state index < -0.39 is 11.6 Å². The Morgan fingerprint density at radius 2 is 2.35 bits per heavy atom. The molecule has 0 fully saturated rings. The van der Waals surface area contributed by atoms with Crippen molar-refractivity contribution in [3.8, 4) is 6.07 Å². The summed E-state index contributed by atoms with van der Waals surface area (Å²) in [6, 6.07) is 3.61. The number of alkyl halides is 1. The summed E-state index contributed by atoms with van der Waals surface area (Å²) < 4.78 is 15.7. The predicted molar refractivity (Wildman–Crippen MR) is 69.6 cm³/mol. The normalized spacial score (nSPS) is 25.0. The Hall–Kier alpha value is -2.81. The summed E-state index contributed by atoms with van der Waals surface area (Å²) in [6.07, 6.45) is 10.6. The van der Waals surface area contributed by atoms with Crippen LogP contribution in [0.2, 0.25) is 0 Å². The monoisotopic (exact) mass is 267 g/mol. The average Bonchev–Trinajstić information content (AvgIpc) is 3.03. The summed E-state index contributed by atoms with van der Waals surface area (Å²) in [7, 11) is 0. The summed E-state index contributed by atoms with van der Waals surface area (Å²) in [5.41, 5.74) is -0.896. The van der Waals surface area contributed by atoms with Gasteiger partial charge in [0.1, 0.15) is 12.2 Å². The highest BCUT2D eigenvalue weighted by Crippen LogP contribution is 2.47. The van der Waals surface area contributed by atoms with E-state index in [4.69, 9.17) is 0 Å². The molecule has 2 aromatic rings. The van der Waals surface area contributed by atoms with Gasteiger partial charge in [0, 0.05) is 23.5 Å². The fourth-order valence-electron chi connectivity index (χ4n) is 2.32. The van der Waals surface area contributed by atoms with Crippen molar-refractivity contribution < 1.29 is 4.39 Å². The SMILES string of the molecule is N#CC1C=CC=C(c2ccncn2)C1(F)c1cn[nH]c1. The standard InChI is InChI=1S/C14H10FN5/c15-14(11-7-19-20-8-11)10(6-16)2-1-3-12(14)13-4-5-17-9-18-13/h1-5,7-10H,(H,19,20). The molecule has 20 heavy (non-hydrogen) atoms. The largest absolute Gasteiger partial charge is 0.285 e. The molecule has 0 aromatic carbocycles. The molecular weight excluding hydrogens is 257 g/mol. The maximum atomic E-state index is 15.7. The highest BCUT2D eigenvalue weighted by atomic mass is 19.1. The summed E-state index contributed by atoms with van der Waals surface area (Å²) in [5, 5.41) is 15.6. The first-order valence-corrected chi connectivity index (χ1v) is 6.00. The zero-order valence-corrected chi connectivity index (χ0v) is 10.4. The van der Waals surface area contributed by atoms with Gasteiger partial charge in [-0.3, -0.25) is 5.10 Å². The van der Waals surface area contributed by atoms with Crippen molar-refractivity contribution in [2.24, 2.45) is 5.92 Å². The van der Waals surface area contributed by atoms with Gasteiger partial charge in [0.25, 0.3) is 0 Å². The molecule has 0 aliphatic heterocycles. The molecule has 0 bridgehead atoms. The van der Waals surface area contributed by atoms with Crippen molar-refractivity contribution in [3.05, 3.63) is 60.5 Å². The molecule has 98 valence electrons. The van der Waals surface area contributed by atoms with E-state index in [9.17, 15) is 5.26 Å². The van der Waals surface area contributed by atoms with Gasteiger partial charge < -0.3 is 0 Å². The van der Waals surface area contributed by atoms with Gasteiger partial charge in [0.2, 0.25) is 0 Å². The Balaban J connectivity index is 2.19. The lowest BCUT2D eigenvalue weighted by molar-refractivity contribution is 0.209. The number of H-pyrrole nitrogens is 1. The first-order valence-electron chi connectivity index (χ1n) is 6.00. The minimum Gasteiger partial charge on any atom is -0.285 e. The number of allylic oxidation sites excluding steroid dienone is 4. The molecule has 1 aliphatic rings. The van der Waals surface area contributed by atoms with Gasteiger partial charge in [-0.05, 0) is 6.07 Å². The van der Waals surface area contributed by atoms with Gasteiger partial charge in [-0.2, -0.15) is 10.4 Å². The van der Waals surface area contributed by atoms with Gasteiger partial charge in [-0.25, -0.2) is 14.4 Å². The van der Waals surface area contributed by atoms with Crippen LogP contribution in [0.1, 0.15) is 11.3 Å². The lowest BCUT2D eigenvalue weighted by Crippen LogP contribution is -2.32. The van der Waals surface area contributed by atoms with E-state index in [0.29, 0.717) is 16.8 Å². The number of hydrogen-bond acceptors (Lipinski definition) is 4. The van der Waals surface area contributed by atoms with Crippen LogP contribution < -0.4 is 0 Å². The van der Waals surface area contributed by atoms with Crippen molar-refractivity contribution in [3.63, 3.8) is 0 Å². The average molecular weight is 267 g/mol. The Morgan fingerprint density at radius 1 is 1.45 bits per heavy atom. The Labute approximate surface area is 114 Å². The molecule has 2 unspecified atom stereocenters. The van der Waals surface area contributed by atoms with Crippen molar-refractivity contribution in [1.82, 2.24) is 20.2 Å². The Kier molecular flexibility index (Phi) is 2.88. The van der Waals surface area contributed by atoms with Crippen LogP contribution in [0.4, 0.5) is 4.39 Å². The number of aromatic nitrogens is 4. The molecule has 0 radical (unpaired) electrons. The molecule has 3 rings (SSSR count). The second-order valence-electron chi connectivity index (χ2n) is 4.37. The molecule has 0 spiro atoms. The van der Waals surface area contributed by atoms with Crippen LogP contribution in [-0.2, 0) is 5.67 Å². The van der Waals surface area contributed by atoms with Crippen molar-refractivity contribution >= 4 is 5.57 Å². The molecule has 5 nitrogen and oxygen atoms in total. The van der Waals surface area contributed by atoms with Gasteiger partial charge in [0.05, 0.1) is 18.0 Å². The van der Waals surface area contributed by atoms with Gasteiger partial charge in [0.15, 0.2) is 5.67 Å². The van der Waals surface area contributed by atoms with E-state index in [1.807, 2.05) is 6.07 Å². The molecule has 0 saturated heterocycles. The summed E-state index contributed by atoms with van der Waals surface area (Å²) in [4.78, 5) is 7.91.